The maximum absolute atomic E-state index is 13.2. The summed E-state index contributed by atoms with van der Waals surface area (Å²) in [4.78, 5) is 38.6. The van der Waals surface area contributed by atoms with Gasteiger partial charge < -0.3 is 9.47 Å². The summed E-state index contributed by atoms with van der Waals surface area (Å²) in [6, 6.07) is 21.3. The monoisotopic (exact) mass is 458 g/mol. The lowest BCUT2D eigenvalue weighted by atomic mass is 10.1. The summed E-state index contributed by atoms with van der Waals surface area (Å²) >= 11 is 0. The third-order valence-electron chi connectivity index (χ3n) is 5.87. The molecule has 0 aliphatic rings. The molecule has 0 bridgehead atoms. The van der Waals surface area contributed by atoms with Crippen molar-refractivity contribution in [1.29, 1.82) is 0 Å². The van der Waals surface area contributed by atoms with E-state index >= 15 is 0 Å². The lowest BCUT2D eigenvalue weighted by molar-refractivity contribution is 0.0971. The molecule has 4 rings (SSSR count). The van der Waals surface area contributed by atoms with E-state index in [1.165, 1.54) is 0 Å². The molecule has 7 nitrogen and oxygen atoms in total. The number of nitrogens with zero attached hydrogens (tertiary/aromatic N) is 2. The molecule has 0 aliphatic heterocycles. The van der Waals surface area contributed by atoms with Gasteiger partial charge in [-0.1, -0.05) is 12.1 Å². The Hall–Kier alpha value is -4.13. The van der Waals surface area contributed by atoms with E-state index in [-0.39, 0.29) is 43.2 Å². The van der Waals surface area contributed by atoms with Crippen molar-refractivity contribution in [3.63, 3.8) is 0 Å². The van der Waals surface area contributed by atoms with Crippen molar-refractivity contribution >= 4 is 22.6 Å². The number of aromatic nitrogens is 2. The highest BCUT2D eigenvalue weighted by atomic mass is 16.5. The van der Waals surface area contributed by atoms with Gasteiger partial charge in [0.25, 0.3) is 0 Å². The molecular formula is C27H26N2O5. The minimum atomic E-state index is -0.230. The topological polar surface area (TPSA) is 79.5 Å². The Labute approximate surface area is 197 Å². The van der Waals surface area contributed by atoms with Crippen molar-refractivity contribution < 1.29 is 19.1 Å². The zero-order chi connectivity index (χ0) is 24.1. The minimum absolute atomic E-state index is 0.0546. The van der Waals surface area contributed by atoms with Crippen molar-refractivity contribution in [2.75, 3.05) is 14.2 Å². The van der Waals surface area contributed by atoms with Crippen molar-refractivity contribution in [1.82, 2.24) is 9.13 Å². The molecule has 174 valence electrons. The van der Waals surface area contributed by atoms with Crippen LogP contribution in [0.1, 0.15) is 33.6 Å². The number of aryl methyl sites for hydroxylation is 2. The van der Waals surface area contributed by atoms with Crippen LogP contribution in [0.2, 0.25) is 0 Å². The zero-order valence-corrected chi connectivity index (χ0v) is 19.2. The van der Waals surface area contributed by atoms with Crippen LogP contribution in [0.3, 0.4) is 0 Å². The molecule has 0 radical (unpaired) electrons. The second-order valence-corrected chi connectivity index (χ2v) is 7.88. The average Bonchev–Trinajstić information content (AvgIpc) is 3.16. The Morgan fingerprint density at radius 3 is 1.38 bits per heavy atom. The number of ketones is 2. The standard InChI is InChI=1S/C27H26N2O5/c1-33-21-11-7-19(8-12-21)25(30)15-17-28-23-5-3-4-6-24(23)29(27(28)32)18-16-26(31)20-9-13-22(34-2)14-10-20/h3-14H,15-18H2,1-2H3. The average molecular weight is 459 g/mol. The zero-order valence-electron chi connectivity index (χ0n) is 19.2. The predicted molar refractivity (Wildman–Crippen MR) is 130 cm³/mol. The van der Waals surface area contributed by atoms with Gasteiger partial charge in [0.1, 0.15) is 11.5 Å². The number of methoxy groups -OCH3 is 2. The number of carbonyl (C=O) groups excluding carboxylic acids is 2. The summed E-state index contributed by atoms with van der Waals surface area (Å²) in [7, 11) is 3.15. The quantitative estimate of drug-likeness (QED) is 0.330. The van der Waals surface area contributed by atoms with Crippen LogP contribution in [0.5, 0.6) is 11.5 Å². The van der Waals surface area contributed by atoms with Crippen molar-refractivity contribution in [3.8, 4) is 11.5 Å². The molecule has 0 atom stereocenters. The summed E-state index contributed by atoms with van der Waals surface area (Å²) in [6.07, 6.45) is 0.371. The lowest BCUT2D eigenvalue weighted by Crippen LogP contribution is -2.26. The maximum Gasteiger partial charge on any atom is 0.329 e. The third-order valence-corrected chi connectivity index (χ3v) is 5.87. The molecule has 0 spiro atoms. The number of imidazole rings is 1. The Balaban J connectivity index is 1.51. The number of Topliss-reactive ketones (excluding diaryl/α,β-unsaturated/α-hetero) is 2. The van der Waals surface area contributed by atoms with Gasteiger partial charge in [0.15, 0.2) is 11.6 Å². The van der Waals surface area contributed by atoms with E-state index in [0.29, 0.717) is 22.6 Å². The molecule has 0 unspecified atom stereocenters. The normalized spacial score (nSPS) is 10.9. The summed E-state index contributed by atoms with van der Waals surface area (Å²) in [5, 5.41) is 0. The van der Waals surface area contributed by atoms with Crippen molar-refractivity contribution in [2.24, 2.45) is 0 Å². The second-order valence-electron chi connectivity index (χ2n) is 7.88. The van der Waals surface area contributed by atoms with E-state index in [9.17, 15) is 14.4 Å². The predicted octanol–water partition coefficient (Wildman–Crippen LogP) is 4.37. The van der Waals surface area contributed by atoms with Gasteiger partial charge >= 0.3 is 5.69 Å². The van der Waals surface area contributed by atoms with E-state index in [4.69, 9.17) is 9.47 Å². The van der Waals surface area contributed by atoms with Gasteiger partial charge in [-0.2, -0.15) is 0 Å². The maximum atomic E-state index is 13.2. The number of para-hydroxylation sites is 2. The second kappa shape index (κ2) is 10.2. The van der Waals surface area contributed by atoms with Crippen molar-refractivity contribution in [3.05, 3.63) is 94.4 Å². The third kappa shape index (κ3) is 4.78. The Morgan fingerprint density at radius 2 is 1.03 bits per heavy atom. The van der Waals surface area contributed by atoms with Crippen LogP contribution in [0.15, 0.2) is 77.6 Å². The van der Waals surface area contributed by atoms with Crippen molar-refractivity contribution in [2.45, 2.75) is 25.9 Å². The van der Waals surface area contributed by atoms with Crippen LogP contribution < -0.4 is 15.2 Å². The molecule has 7 heteroatoms. The van der Waals surface area contributed by atoms with E-state index in [0.717, 1.165) is 11.0 Å². The molecule has 4 aromatic rings. The van der Waals surface area contributed by atoms with Crippen LogP contribution in [-0.4, -0.2) is 34.9 Å². The summed E-state index contributed by atoms with van der Waals surface area (Å²) in [6.45, 7) is 0.507. The van der Waals surface area contributed by atoms with Crippen LogP contribution in [0.4, 0.5) is 0 Å². The van der Waals surface area contributed by atoms with Gasteiger partial charge in [0, 0.05) is 37.1 Å². The molecule has 0 saturated heterocycles. The SMILES string of the molecule is COc1ccc(C(=O)CCn2c(=O)n(CCC(=O)c3ccc(OC)cc3)c3ccccc32)cc1. The highest BCUT2D eigenvalue weighted by Crippen LogP contribution is 2.17. The fraction of sp³-hybridized carbons (Fsp3) is 0.222. The summed E-state index contributed by atoms with van der Waals surface area (Å²) in [5.74, 6) is 1.25. The molecular weight excluding hydrogens is 432 g/mol. The first-order chi connectivity index (χ1) is 16.5. The summed E-state index contributed by atoms with van der Waals surface area (Å²) in [5.41, 5.74) is 2.40. The highest BCUT2D eigenvalue weighted by Gasteiger charge is 2.16. The number of rotatable bonds is 10. The van der Waals surface area contributed by atoms with Crippen LogP contribution in [0.25, 0.3) is 11.0 Å². The van der Waals surface area contributed by atoms with Gasteiger partial charge in [-0.15, -0.1) is 0 Å². The largest absolute Gasteiger partial charge is 0.497 e. The van der Waals surface area contributed by atoms with E-state index in [1.54, 1.807) is 71.9 Å². The first-order valence-corrected chi connectivity index (χ1v) is 11.0. The molecule has 0 saturated carbocycles. The molecule has 0 N–H and O–H groups in total. The van der Waals surface area contributed by atoms with Gasteiger partial charge in [-0.05, 0) is 60.7 Å². The number of hydrogen-bond acceptors (Lipinski definition) is 5. The summed E-state index contributed by atoms with van der Waals surface area (Å²) < 4.78 is 13.5. The van der Waals surface area contributed by atoms with Gasteiger partial charge in [0.05, 0.1) is 25.3 Å². The van der Waals surface area contributed by atoms with Crippen LogP contribution >= 0.6 is 0 Å². The number of benzene rings is 3. The minimum Gasteiger partial charge on any atom is -0.497 e. The molecule has 1 heterocycles. The van der Waals surface area contributed by atoms with Gasteiger partial charge in [0.2, 0.25) is 0 Å². The Morgan fingerprint density at radius 1 is 0.647 bits per heavy atom. The van der Waals surface area contributed by atoms with Crippen LogP contribution in [-0.2, 0) is 13.1 Å². The first-order valence-electron chi connectivity index (χ1n) is 11.0. The first kappa shape index (κ1) is 23.0. The van der Waals surface area contributed by atoms with E-state index in [1.807, 2.05) is 24.3 Å². The molecule has 3 aromatic carbocycles. The molecule has 0 amide bonds. The number of ether oxygens (including phenoxy) is 2. The number of hydrogen-bond donors (Lipinski definition) is 0. The lowest BCUT2D eigenvalue weighted by Gasteiger charge is -2.05. The van der Waals surface area contributed by atoms with Crippen LogP contribution in [0, 0.1) is 0 Å². The molecule has 0 aliphatic carbocycles. The Bertz CT molecular complexity index is 1260. The highest BCUT2D eigenvalue weighted by molar-refractivity contribution is 5.96. The van der Waals surface area contributed by atoms with E-state index < -0.39 is 0 Å². The fourth-order valence-electron chi connectivity index (χ4n) is 3.97. The van der Waals surface area contributed by atoms with Gasteiger partial charge in [-0.25, -0.2) is 4.79 Å². The smallest absolute Gasteiger partial charge is 0.329 e. The molecule has 0 fully saturated rings. The van der Waals surface area contributed by atoms with E-state index in [2.05, 4.69) is 0 Å². The molecule has 1 aromatic heterocycles. The number of fused-ring (bicyclic) bond motifs is 1. The number of carbonyl (C=O) groups is 2. The Kier molecular flexibility index (Phi) is 6.92. The molecule has 34 heavy (non-hydrogen) atoms. The fourth-order valence-corrected chi connectivity index (χ4v) is 3.97. The van der Waals surface area contributed by atoms with Gasteiger partial charge in [-0.3, -0.25) is 18.7 Å².